The van der Waals surface area contributed by atoms with Gasteiger partial charge in [-0.3, -0.25) is 24.1 Å². The number of carbonyl (C=O) groups excluding carboxylic acids is 4. The number of imide groups is 1. The van der Waals surface area contributed by atoms with Crippen LogP contribution in [0.25, 0.3) is 0 Å². The average molecular weight is 410 g/mol. The van der Waals surface area contributed by atoms with Crippen LogP contribution in [-0.2, 0) is 25.5 Å². The molecule has 30 heavy (non-hydrogen) atoms. The molecular weight excluding hydrogens is 388 g/mol. The summed E-state index contributed by atoms with van der Waals surface area (Å²) in [5.74, 6) is -1.53. The van der Waals surface area contributed by atoms with Crippen LogP contribution in [0.5, 0.6) is 5.75 Å². The zero-order chi connectivity index (χ0) is 21.7. The largest absolute Gasteiger partial charge is 0.495 e. The van der Waals surface area contributed by atoms with Crippen molar-refractivity contribution < 1.29 is 28.7 Å². The van der Waals surface area contributed by atoms with Crippen LogP contribution in [0, 0.1) is 0 Å². The first kappa shape index (κ1) is 21.0. The van der Waals surface area contributed by atoms with E-state index in [0.717, 1.165) is 4.90 Å². The second-order valence-electron chi connectivity index (χ2n) is 6.76. The van der Waals surface area contributed by atoms with Crippen molar-refractivity contribution in [2.45, 2.75) is 25.9 Å². The molecule has 2 aromatic carbocycles. The van der Waals surface area contributed by atoms with Crippen molar-refractivity contribution in [3.8, 4) is 5.75 Å². The van der Waals surface area contributed by atoms with Crippen LogP contribution in [0.2, 0.25) is 0 Å². The predicted molar refractivity (Wildman–Crippen MR) is 108 cm³/mol. The Morgan fingerprint density at radius 1 is 1.10 bits per heavy atom. The van der Waals surface area contributed by atoms with Crippen molar-refractivity contribution in [3.05, 3.63) is 59.7 Å². The van der Waals surface area contributed by atoms with E-state index in [2.05, 4.69) is 5.32 Å². The van der Waals surface area contributed by atoms with Crippen LogP contribution in [0.4, 0.5) is 5.69 Å². The number of esters is 1. The molecule has 8 nitrogen and oxygen atoms in total. The monoisotopic (exact) mass is 410 g/mol. The molecule has 0 saturated heterocycles. The number of para-hydroxylation sites is 2. The van der Waals surface area contributed by atoms with Crippen molar-refractivity contribution in [3.63, 3.8) is 0 Å². The SMILES string of the molecule is COc1ccccc1NC(=O)[C@@H](C)OC(=O)CCN1C(=O)Cc2ccccc2C1=O. The number of hydrogen-bond donors (Lipinski definition) is 1. The highest BCUT2D eigenvalue weighted by atomic mass is 16.5. The third-order valence-electron chi connectivity index (χ3n) is 4.72. The Hall–Kier alpha value is -3.68. The maximum atomic E-state index is 12.5. The Morgan fingerprint density at radius 3 is 2.57 bits per heavy atom. The minimum atomic E-state index is -1.06. The third-order valence-corrected chi connectivity index (χ3v) is 4.72. The summed E-state index contributed by atoms with van der Waals surface area (Å²) in [6.07, 6.45) is -1.16. The highest BCUT2D eigenvalue weighted by molar-refractivity contribution is 6.09. The molecular formula is C22H22N2O6. The lowest BCUT2D eigenvalue weighted by atomic mass is 9.98. The van der Waals surface area contributed by atoms with Gasteiger partial charge in [-0.25, -0.2) is 0 Å². The number of anilines is 1. The van der Waals surface area contributed by atoms with Gasteiger partial charge in [-0.05, 0) is 30.7 Å². The summed E-state index contributed by atoms with van der Waals surface area (Å²) in [5, 5.41) is 2.64. The lowest BCUT2D eigenvalue weighted by Gasteiger charge is -2.26. The van der Waals surface area contributed by atoms with Crippen LogP contribution < -0.4 is 10.1 Å². The van der Waals surface area contributed by atoms with Crippen LogP contribution in [0.15, 0.2) is 48.5 Å². The summed E-state index contributed by atoms with van der Waals surface area (Å²) in [4.78, 5) is 50.3. The highest BCUT2D eigenvalue weighted by Gasteiger charge is 2.31. The van der Waals surface area contributed by atoms with Crippen LogP contribution in [-0.4, -0.2) is 48.3 Å². The van der Waals surface area contributed by atoms with Gasteiger partial charge in [-0.1, -0.05) is 30.3 Å². The smallest absolute Gasteiger partial charge is 0.308 e. The van der Waals surface area contributed by atoms with E-state index in [1.165, 1.54) is 14.0 Å². The molecule has 1 aliphatic rings. The van der Waals surface area contributed by atoms with Crippen molar-refractivity contribution in [1.29, 1.82) is 0 Å². The van der Waals surface area contributed by atoms with E-state index in [1.807, 2.05) is 0 Å². The molecule has 156 valence electrons. The van der Waals surface area contributed by atoms with Crippen LogP contribution in [0.3, 0.4) is 0 Å². The summed E-state index contributed by atoms with van der Waals surface area (Å²) in [6, 6.07) is 13.7. The van der Waals surface area contributed by atoms with E-state index >= 15 is 0 Å². The molecule has 1 N–H and O–H groups in total. The van der Waals surface area contributed by atoms with Gasteiger partial charge in [0.05, 0.1) is 25.6 Å². The van der Waals surface area contributed by atoms with Crippen LogP contribution in [0.1, 0.15) is 29.3 Å². The van der Waals surface area contributed by atoms with E-state index in [9.17, 15) is 19.2 Å². The molecule has 0 radical (unpaired) electrons. The standard InChI is InChI=1S/C22H22N2O6/c1-14(21(27)23-17-9-5-6-10-18(17)29-2)30-20(26)11-12-24-19(25)13-15-7-3-4-8-16(15)22(24)28/h3-10,14H,11-13H2,1-2H3,(H,23,27)/t14-/m1/s1. The summed E-state index contributed by atoms with van der Waals surface area (Å²) in [5.41, 5.74) is 1.58. The zero-order valence-electron chi connectivity index (χ0n) is 16.7. The number of methoxy groups -OCH3 is 1. The van der Waals surface area contributed by atoms with Gasteiger partial charge in [0, 0.05) is 12.1 Å². The fourth-order valence-electron chi connectivity index (χ4n) is 3.12. The molecule has 1 aliphatic heterocycles. The quantitative estimate of drug-likeness (QED) is 0.555. The van der Waals surface area contributed by atoms with E-state index in [1.54, 1.807) is 48.5 Å². The first-order chi connectivity index (χ1) is 14.4. The maximum absolute atomic E-state index is 12.5. The average Bonchev–Trinajstić information content (AvgIpc) is 2.73. The second-order valence-corrected chi connectivity index (χ2v) is 6.76. The fourth-order valence-corrected chi connectivity index (χ4v) is 3.12. The van der Waals surface area contributed by atoms with Gasteiger partial charge in [0.2, 0.25) is 5.91 Å². The minimum absolute atomic E-state index is 0.105. The number of benzene rings is 2. The first-order valence-electron chi connectivity index (χ1n) is 9.46. The number of nitrogens with one attached hydrogen (secondary N) is 1. The van der Waals surface area contributed by atoms with E-state index in [0.29, 0.717) is 22.6 Å². The lowest BCUT2D eigenvalue weighted by Crippen LogP contribution is -2.43. The van der Waals surface area contributed by atoms with E-state index in [4.69, 9.17) is 9.47 Å². The van der Waals surface area contributed by atoms with Gasteiger partial charge >= 0.3 is 5.97 Å². The first-order valence-corrected chi connectivity index (χ1v) is 9.46. The molecule has 2 aromatic rings. The van der Waals surface area contributed by atoms with Crippen LogP contribution >= 0.6 is 0 Å². The van der Waals surface area contributed by atoms with Gasteiger partial charge in [-0.2, -0.15) is 0 Å². The third kappa shape index (κ3) is 4.65. The second kappa shape index (κ2) is 9.21. The molecule has 0 spiro atoms. The van der Waals surface area contributed by atoms with Gasteiger partial charge in [0.25, 0.3) is 11.8 Å². The van der Waals surface area contributed by atoms with Gasteiger partial charge in [0.15, 0.2) is 6.10 Å². The maximum Gasteiger partial charge on any atom is 0.308 e. The molecule has 1 atom stereocenters. The molecule has 8 heteroatoms. The number of amides is 3. The molecule has 0 aliphatic carbocycles. The van der Waals surface area contributed by atoms with E-state index in [-0.39, 0.29) is 25.3 Å². The van der Waals surface area contributed by atoms with Crippen molar-refractivity contribution >= 4 is 29.4 Å². The van der Waals surface area contributed by atoms with Crippen molar-refractivity contribution in [1.82, 2.24) is 4.90 Å². The molecule has 0 saturated carbocycles. The number of carbonyl (C=O) groups is 4. The Morgan fingerprint density at radius 2 is 1.80 bits per heavy atom. The van der Waals surface area contributed by atoms with Gasteiger partial charge in [0.1, 0.15) is 5.75 Å². The number of hydrogen-bond acceptors (Lipinski definition) is 6. The van der Waals surface area contributed by atoms with Crippen molar-refractivity contribution in [2.24, 2.45) is 0 Å². The number of rotatable bonds is 7. The summed E-state index contributed by atoms with van der Waals surface area (Å²) in [6.45, 7) is 1.34. The normalized spacial score (nSPS) is 14.0. The lowest BCUT2D eigenvalue weighted by molar-refractivity contribution is -0.153. The van der Waals surface area contributed by atoms with Gasteiger partial charge in [-0.15, -0.1) is 0 Å². The molecule has 1 heterocycles. The van der Waals surface area contributed by atoms with Gasteiger partial charge < -0.3 is 14.8 Å². The molecule has 0 aromatic heterocycles. The Balaban J connectivity index is 1.53. The molecule has 3 amide bonds. The Kier molecular flexibility index (Phi) is 6.46. The molecule has 3 rings (SSSR count). The zero-order valence-corrected chi connectivity index (χ0v) is 16.7. The highest BCUT2D eigenvalue weighted by Crippen LogP contribution is 2.23. The summed E-state index contributed by atoms with van der Waals surface area (Å²) < 4.78 is 10.3. The summed E-state index contributed by atoms with van der Waals surface area (Å²) >= 11 is 0. The fraction of sp³-hybridized carbons (Fsp3) is 0.273. The molecule has 0 bridgehead atoms. The predicted octanol–water partition coefficient (Wildman–Crippen LogP) is 2.18. The Labute approximate surface area is 173 Å². The van der Waals surface area contributed by atoms with Crippen molar-refractivity contribution in [2.75, 3.05) is 19.0 Å². The topological polar surface area (TPSA) is 102 Å². The molecule has 0 fully saturated rings. The minimum Gasteiger partial charge on any atom is -0.495 e. The summed E-state index contributed by atoms with van der Waals surface area (Å²) in [7, 11) is 1.48. The number of fused-ring (bicyclic) bond motifs is 1. The van der Waals surface area contributed by atoms with E-state index < -0.39 is 23.9 Å². The number of ether oxygens (including phenoxy) is 2. The molecule has 0 unspecified atom stereocenters. The Bertz CT molecular complexity index is 987. The number of nitrogens with zero attached hydrogens (tertiary/aromatic N) is 1.